The Hall–Kier alpha value is -1.85. The summed E-state index contributed by atoms with van der Waals surface area (Å²) in [4.78, 5) is 29.7. The molecule has 0 amide bonds. The van der Waals surface area contributed by atoms with Crippen LogP contribution in [0.25, 0.3) is 0 Å². The molecule has 1 unspecified atom stereocenters. The zero-order valence-corrected chi connectivity index (χ0v) is 12.0. The van der Waals surface area contributed by atoms with Crippen molar-refractivity contribution >= 4 is 11.8 Å². The fourth-order valence-electron chi connectivity index (χ4n) is 2.64. The van der Waals surface area contributed by atoms with Crippen molar-refractivity contribution in [2.45, 2.75) is 51.6 Å². The van der Waals surface area contributed by atoms with Crippen LogP contribution in [-0.2, 0) is 4.79 Å². The van der Waals surface area contributed by atoms with Crippen LogP contribution >= 0.6 is 0 Å². The van der Waals surface area contributed by atoms with Crippen LogP contribution in [-0.4, -0.2) is 33.2 Å². The summed E-state index contributed by atoms with van der Waals surface area (Å²) < 4.78 is 1.59. The van der Waals surface area contributed by atoms with Crippen LogP contribution in [0.15, 0.2) is 17.2 Å². The van der Waals surface area contributed by atoms with Gasteiger partial charge >= 0.3 is 5.97 Å². The minimum absolute atomic E-state index is 0.0273. The summed E-state index contributed by atoms with van der Waals surface area (Å²) in [5, 5.41) is 9.39. The smallest absolute Gasteiger partial charge is 0.326 e. The third-order valence-electron chi connectivity index (χ3n) is 3.72. The molecule has 1 aliphatic heterocycles. The summed E-state index contributed by atoms with van der Waals surface area (Å²) in [5.41, 5.74) is -0.212. The predicted molar refractivity (Wildman–Crippen MR) is 76.1 cm³/mol. The summed E-state index contributed by atoms with van der Waals surface area (Å²) in [6.07, 6.45) is 6.53. The number of hydrogen-bond donors (Lipinski definition) is 1. The van der Waals surface area contributed by atoms with Crippen molar-refractivity contribution < 1.29 is 9.90 Å². The fraction of sp³-hybridized carbons (Fsp3) is 0.643. The van der Waals surface area contributed by atoms with Gasteiger partial charge in [0.05, 0.1) is 0 Å². The molecule has 1 aliphatic rings. The molecule has 1 saturated heterocycles. The minimum atomic E-state index is -0.881. The molecule has 2 heterocycles. The van der Waals surface area contributed by atoms with Crippen LogP contribution in [0.1, 0.15) is 45.6 Å². The molecule has 0 bridgehead atoms. The van der Waals surface area contributed by atoms with Crippen LogP contribution in [0, 0.1) is 0 Å². The number of aliphatic carboxylic acids is 1. The maximum absolute atomic E-state index is 12.5. The van der Waals surface area contributed by atoms with Crippen molar-refractivity contribution in [2.24, 2.45) is 0 Å². The lowest BCUT2D eigenvalue weighted by Gasteiger charge is -2.27. The van der Waals surface area contributed by atoms with Gasteiger partial charge in [-0.25, -0.2) is 9.78 Å². The maximum atomic E-state index is 12.5. The molecule has 2 rings (SSSR count). The molecule has 1 aromatic heterocycles. The number of nitrogens with zero attached hydrogens (tertiary/aromatic N) is 3. The number of carboxylic acid groups (broad SMARTS) is 1. The second-order valence-corrected chi connectivity index (χ2v) is 5.45. The average Bonchev–Trinajstić information content (AvgIpc) is 2.64. The number of aromatic nitrogens is 2. The zero-order chi connectivity index (χ0) is 14.7. The van der Waals surface area contributed by atoms with E-state index < -0.39 is 12.0 Å². The Balaban J connectivity index is 2.44. The lowest BCUT2D eigenvalue weighted by Crippen LogP contribution is -2.45. The number of carbonyl (C=O) groups is 1. The van der Waals surface area contributed by atoms with Gasteiger partial charge in [0.1, 0.15) is 6.04 Å². The van der Waals surface area contributed by atoms with Crippen molar-refractivity contribution in [3.8, 4) is 0 Å². The monoisotopic (exact) mass is 279 g/mol. The molecule has 6 nitrogen and oxygen atoms in total. The first-order valence-electron chi connectivity index (χ1n) is 7.09. The molecule has 0 saturated carbocycles. The molecule has 0 aliphatic carbocycles. The Kier molecular flexibility index (Phi) is 4.42. The topological polar surface area (TPSA) is 75.4 Å². The zero-order valence-electron chi connectivity index (χ0n) is 12.0. The molecule has 1 N–H and O–H groups in total. The van der Waals surface area contributed by atoms with Gasteiger partial charge in [0.15, 0.2) is 5.82 Å². The number of hydrogen-bond acceptors (Lipinski definition) is 4. The summed E-state index contributed by atoms with van der Waals surface area (Å²) in [5.74, 6) is -0.622. The molecule has 20 heavy (non-hydrogen) atoms. The van der Waals surface area contributed by atoms with Gasteiger partial charge in [-0.05, 0) is 26.7 Å². The first-order chi connectivity index (χ1) is 9.52. The van der Waals surface area contributed by atoms with Crippen molar-refractivity contribution in [2.75, 3.05) is 11.4 Å². The molecule has 1 fully saturated rings. The first kappa shape index (κ1) is 14.6. The van der Waals surface area contributed by atoms with Crippen molar-refractivity contribution in [1.82, 2.24) is 9.55 Å². The van der Waals surface area contributed by atoms with E-state index in [0.29, 0.717) is 13.0 Å². The average molecular weight is 279 g/mol. The molecule has 1 atom stereocenters. The highest BCUT2D eigenvalue weighted by atomic mass is 16.4. The van der Waals surface area contributed by atoms with Gasteiger partial charge in [0.2, 0.25) is 0 Å². The third kappa shape index (κ3) is 2.84. The molecule has 6 heteroatoms. The Morgan fingerprint density at radius 2 is 2.15 bits per heavy atom. The van der Waals surface area contributed by atoms with E-state index in [9.17, 15) is 14.7 Å². The fourth-order valence-corrected chi connectivity index (χ4v) is 2.64. The van der Waals surface area contributed by atoms with E-state index in [1.54, 1.807) is 21.9 Å². The largest absolute Gasteiger partial charge is 0.480 e. The molecule has 0 spiro atoms. The van der Waals surface area contributed by atoms with Gasteiger partial charge < -0.3 is 14.6 Å². The third-order valence-corrected chi connectivity index (χ3v) is 3.72. The second-order valence-electron chi connectivity index (χ2n) is 5.45. The van der Waals surface area contributed by atoms with E-state index in [0.717, 1.165) is 19.3 Å². The number of rotatable bonds is 3. The quantitative estimate of drug-likeness (QED) is 0.910. The van der Waals surface area contributed by atoms with Gasteiger partial charge in [-0.3, -0.25) is 4.79 Å². The molecule has 1 aromatic rings. The van der Waals surface area contributed by atoms with Crippen LogP contribution in [0.2, 0.25) is 0 Å². The lowest BCUT2D eigenvalue weighted by molar-refractivity contribution is -0.138. The van der Waals surface area contributed by atoms with E-state index in [1.807, 2.05) is 13.8 Å². The molecule has 0 radical (unpaired) electrons. The highest BCUT2D eigenvalue weighted by Crippen LogP contribution is 2.20. The van der Waals surface area contributed by atoms with Gasteiger partial charge in [-0.15, -0.1) is 0 Å². The van der Waals surface area contributed by atoms with Crippen LogP contribution in [0.5, 0.6) is 0 Å². The normalized spacial score (nSPS) is 19.9. The van der Waals surface area contributed by atoms with Crippen LogP contribution in [0.4, 0.5) is 5.82 Å². The molecule has 110 valence electrons. The highest BCUT2D eigenvalue weighted by molar-refractivity contribution is 5.77. The number of carboxylic acids is 1. The number of anilines is 1. The summed E-state index contributed by atoms with van der Waals surface area (Å²) >= 11 is 0. The van der Waals surface area contributed by atoms with Gasteiger partial charge in [-0.2, -0.15) is 0 Å². The van der Waals surface area contributed by atoms with E-state index in [1.165, 1.54) is 0 Å². The second kappa shape index (κ2) is 6.07. The predicted octanol–water partition coefficient (Wildman–Crippen LogP) is 1.66. The Morgan fingerprint density at radius 3 is 2.80 bits per heavy atom. The molecular formula is C14H21N3O3. The van der Waals surface area contributed by atoms with Crippen LogP contribution in [0.3, 0.4) is 0 Å². The Bertz CT molecular complexity index is 539. The van der Waals surface area contributed by atoms with Crippen molar-refractivity contribution in [1.29, 1.82) is 0 Å². The molecule has 0 aromatic carbocycles. The maximum Gasteiger partial charge on any atom is 0.326 e. The lowest BCUT2D eigenvalue weighted by atomic mass is 10.1. The van der Waals surface area contributed by atoms with Crippen molar-refractivity contribution in [3.05, 3.63) is 22.7 Å². The van der Waals surface area contributed by atoms with Crippen molar-refractivity contribution in [3.63, 3.8) is 0 Å². The molecular weight excluding hydrogens is 258 g/mol. The minimum Gasteiger partial charge on any atom is -0.480 e. The van der Waals surface area contributed by atoms with E-state index in [-0.39, 0.29) is 17.4 Å². The summed E-state index contributed by atoms with van der Waals surface area (Å²) in [6, 6.07) is -0.625. The Morgan fingerprint density at radius 1 is 1.40 bits per heavy atom. The standard InChI is InChI=1S/C14H21N3O3/c1-10(2)16-9-7-15-12(13(16)18)17-8-5-3-4-6-11(17)14(19)20/h7,9-11H,3-6,8H2,1-2H3,(H,19,20). The highest BCUT2D eigenvalue weighted by Gasteiger charge is 2.30. The van der Waals surface area contributed by atoms with Gasteiger partial charge in [0.25, 0.3) is 5.56 Å². The van der Waals surface area contributed by atoms with Gasteiger partial charge in [0, 0.05) is 25.0 Å². The summed E-state index contributed by atoms with van der Waals surface area (Å²) in [6.45, 7) is 4.41. The van der Waals surface area contributed by atoms with E-state index in [4.69, 9.17) is 0 Å². The van der Waals surface area contributed by atoms with E-state index in [2.05, 4.69) is 4.98 Å². The van der Waals surface area contributed by atoms with Crippen LogP contribution < -0.4 is 10.5 Å². The summed E-state index contributed by atoms with van der Waals surface area (Å²) in [7, 11) is 0. The Labute approximate surface area is 118 Å². The first-order valence-corrected chi connectivity index (χ1v) is 7.09. The van der Waals surface area contributed by atoms with E-state index >= 15 is 0 Å². The van der Waals surface area contributed by atoms with Gasteiger partial charge in [-0.1, -0.05) is 12.8 Å². The SMILES string of the molecule is CC(C)n1ccnc(N2CCCCCC2C(=O)O)c1=O.